The van der Waals surface area contributed by atoms with E-state index in [2.05, 4.69) is 21.2 Å². The van der Waals surface area contributed by atoms with Crippen LogP contribution < -0.4 is 15.8 Å². The fraction of sp³-hybridized carbons (Fsp3) is 0.125. The Kier molecular flexibility index (Phi) is 5.59. The SMILES string of the molecule is COc1cccc(NC(=O)COC(=O)c2cc(Br)ccc2N)c1. The topological polar surface area (TPSA) is 90.6 Å². The van der Waals surface area contributed by atoms with Crippen molar-refractivity contribution in [3.63, 3.8) is 0 Å². The summed E-state index contributed by atoms with van der Waals surface area (Å²) in [5, 5.41) is 2.61. The Balaban J connectivity index is 1.93. The van der Waals surface area contributed by atoms with Gasteiger partial charge >= 0.3 is 5.97 Å². The predicted molar refractivity (Wildman–Crippen MR) is 90.5 cm³/mol. The highest BCUT2D eigenvalue weighted by atomic mass is 79.9. The van der Waals surface area contributed by atoms with Crippen molar-refractivity contribution in [2.75, 3.05) is 24.8 Å². The molecule has 0 radical (unpaired) electrons. The first-order chi connectivity index (χ1) is 11.0. The summed E-state index contributed by atoms with van der Waals surface area (Å²) in [6, 6.07) is 11.7. The molecule has 3 N–H and O–H groups in total. The molecule has 23 heavy (non-hydrogen) atoms. The van der Waals surface area contributed by atoms with E-state index in [0.717, 1.165) is 0 Å². The molecule has 2 aromatic carbocycles. The van der Waals surface area contributed by atoms with E-state index in [1.165, 1.54) is 13.2 Å². The summed E-state index contributed by atoms with van der Waals surface area (Å²) in [6.07, 6.45) is 0. The van der Waals surface area contributed by atoms with Crippen molar-refractivity contribution >= 4 is 39.2 Å². The smallest absolute Gasteiger partial charge is 0.340 e. The van der Waals surface area contributed by atoms with Gasteiger partial charge in [-0.25, -0.2) is 4.79 Å². The number of hydrogen-bond acceptors (Lipinski definition) is 5. The summed E-state index contributed by atoms with van der Waals surface area (Å²) >= 11 is 3.25. The Hall–Kier alpha value is -2.54. The van der Waals surface area contributed by atoms with E-state index in [4.69, 9.17) is 15.2 Å². The number of rotatable bonds is 5. The van der Waals surface area contributed by atoms with Gasteiger partial charge in [0.1, 0.15) is 5.75 Å². The van der Waals surface area contributed by atoms with E-state index < -0.39 is 18.5 Å². The van der Waals surface area contributed by atoms with Crippen molar-refractivity contribution in [3.05, 3.63) is 52.5 Å². The summed E-state index contributed by atoms with van der Waals surface area (Å²) in [5.74, 6) is -0.508. The van der Waals surface area contributed by atoms with Crippen molar-refractivity contribution in [3.8, 4) is 5.75 Å². The minimum atomic E-state index is -0.662. The molecule has 0 fully saturated rings. The molecular weight excluding hydrogens is 364 g/mol. The molecule has 0 aliphatic carbocycles. The van der Waals surface area contributed by atoms with Gasteiger partial charge in [-0.05, 0) is 30.3 Å². The van der Waals surface area contributed by atoms with Gasteiger partial charge in [-0.15, -0.1) is 0 Å². The van der Waals surface area contributed by atoms with Crippen LogP contribution in [-0.2, 0) is 9.53 Å². The fourth-order valence-electron chi connectivity index (χ4n) is 1.81. The highest BCUT2D eigenvalue weighted by Crippen LogP contribution is 2.19. The summed E-state index contributed by atoms with van der Waals surface area (Å²) in [4.78, 5) is 23.8. The Morgan fingerprint density at radius 1 is 1.22 bits per heavy atom. The van der Waals surface area contributed by atoms with E-state index in [0.29, 0.717) is 15.9 Å². The first-order valence-electron chi connectivity index (χ1n) is 6.65. The quantitative estimate of drug-likeness (QED) is 0.616. The number of nitrogens with two attached hydrogens (primary N) is 1. The number of ether oxygens (including phenoxy) is 2. The Morgan fingerprint density at radius 3 is 2.74 bits per heavy atom. The van der Waals surface area contributed by atoms with Crippen LogP contribution in [0.15, 0.2) is 46.9 Å². The number of benzene rings is 2. The average molecular weight is 379 g/mol. The zero-order valence-electron chi connectivity index (χ0n) is 12.3. The third-order valence-electron chi connectivity index (χ3n) is 2.92. The summed E-state index contributed by atoms with van der Waals surface area (Å²) < 4.78 is 10.7. The maximum absolute atomic E-state index is 12.0. The molecule has 0 atom stereocenters. The lowest BCUT2D eigenvalue weighted by Gasteiger charge is -2.09. The maximum atomic E-state index is 12.0. The number of halogens is 1. The number of nitrogen functional groups attached to an aromatic ring is 1. The highest BCUT2D eigenvalue weighted by Gasteiger charge is 2.14. The van der Waals surface area contributed by atoms with Gasteiger partial charge in [0.2, 0.25) is 0 Å². The van der Waals surface area contributed by atoms with E-state index in [9.17, 15) is 9.59 Å². The van der Waals surface area contributed by atoms with Gasteiger partial charge in [-0.3, -0.25) is 4.79 Å². The van der Waals surface area contributed by atoms with Crippen LogP contribution >= 0.6 is 15.9 Å². The standard InChI is InChI=1S/C16H15BrN2O4/c1-22-12-4-2-3-11(8-12)19-15(20)9-23-16(21)13-7-10(17)5-6-14(13)18/h2-8H,9,18H2,1H3,(H,19,20). The van der Waals surface area contributed by atoms with Gasteiger partial charge in [0, 0.05) is 21.9 Å². The van der Waals surface area contributed by atoms with Gasteiger partial charge in [0.25, 0.3) is 5.91 Å². The van der Waals surface area contributed by atoms with Gasteiger partial charge in [-0.2, -0.15) is 0 Å². The molecule has 0 aliphatic rings. The molecule has 0 unspecified atom stereocenters. The highest BCUT2D eigenvalue weighted by molar-refractivity contribution is 9.10. The Bertz CT molecular complexity index is 734. The Labute approximate surface area is 141 Å². The molecule has 2 rings (SSSR count). The van der Waals surface area contributed by atoms with Crippen molar-refractivity contribution in [2.24, 2.45) is 0 Å². The second-order valence-corrected chi connectivity index (χ2v) is 5.50. The van der Waals surface area contributed by atoms with Crippen LogP contribution in [-0.4, -0.2) is 25.6 Å². The summed E-state index contributed by atoms with van der Waals surface area (Å²) in [5.41, 5.74) is 6.75. The normalized spacial score (nSPS) is 10.0. The summed E-state index contributed by atoms with van der Waals surface area (Å²) in [7, 11) is 1.53. The molecule has 2 aromatic rings. The molecule has 0 bridgehead atoms. The van der Waals surface area contributed by atoms with E-state index in [1.54, 1.807) is 36.4 Å². The molecule has 1 amide bonds. The van der Waals surface area contributed by atoms with Crippen LogP contribution in [0.3, 0.4) is 0 Å². The van der Waals surface area contributed by atoms with Crippen LogP contribution in [0.2, 0.25) is 0 Å². The number of carbonyl (C=O) groups excluding carboxylic acids is 2. The molecule has 120 valence electrons. The third kappa shape index (κ3) is 4.72. The minimum absolute atomic E-state index is 0.202. The largest absolute Gasteiger partial charge is 0.497 e. The minimum Gasteiger partial charge on any atom is -0.497 e. The lowest BCUT2D eigenvalue weighted by atomic mass is 10.2. The molecule has 0 saturated heterocycles. The number of carbonyl (C=O) groups is 2. The first kappa shape index (κ1) is 16.8. The predicted octanol–water partition coefficient (Wildman–Crippen LogP) is 2.84. The molecule has 6 nitrogen and oxygen atoms in total. The number of amides is 1. The van der Waals surface area contributed by atoms with Crippen LogP contribution in [0, 0.1) is 0 Å². The van der Waals surface area contributed by atoms with Crippen LogP contribution in [0.1, 0.15) is 10.4 Å². The first-order valence-corrected chi connectivity index (χ1v) is 7.45. The number of methoxy groups -OCH3 is 1. The second kappa shape index (κ2) is 7.64. The lowest BCUT2D eigenvalue weighted by molar-refractivity contribution is -0.119. The van der Waals surface area contributed by atoms with Gasteiger partial charge in [0.15, 0.2) is 6.61 Å². The number of esters is 1. The zero-order valence-corrected chi connectivity index (χ0v) is 13.9. The van der Waals surface area contributed by atoms with Crippen molar-refractivity contribution in [1.29, 1.82) is 0 Å². The molecule has 0 saturated carbocycles. The zero-order chi connectivity index (χ0) is 16.8. The van der Waals surface area contributed by atoms with Crippen LogP contribution in [0.25, 0.3) is 0 Å². The van der Waals surface area contributed by atoms with Crippen molar-refractivity contribution in [2.45, 2.75) is 0 Å². The molecule has 0 aliphatic heterocycles. The third-order valence-corrected chi connectivity index (χ3v) is 3.42. The van der Waals surface area contributed by atoms with E-state index >= 15 is 0 Å². The number of anilines is 2. The average Bonchev–Trinajstić information content (AvgIpc) is 2.55. The van der Waals surface area contributed by atoms with E-state index in [1.807, 2.05) is 0 Å². The molecule has 7 heteroatoms. The second-order valence-electron chi connectivity index (χ2n) is 4.59. The maximum Gasteiger partial charge on any atom is 0.340 e. The lowest BCUT2D eigenvalue weighted by Crippen LogP contribution is -2.21. The number of nitrogens with one attached hydrogen (secondary N) is 1. The monoisotopic (exact) mass is 378 g/mol. The van der Waals surface area contributed by atoms with Crippen molar-refractivity contribution < 1.29 is 19.1 Å². The number of hydrogen-bond donors (Lipinski definition) is 2. The Morgan fingerprint density at radius 2 is 2.00 bits per heavy atom. The molecule has 0 spiro atoms. The molecular formula is C16H15BrN2O4. The fourth-order valence-corrected chi connectivity index (χ4v) is 2.17. The van der Waals surface area contributed by atoms with Crippen LogP contribution in [0.4, 0.5) is 11.4 Å². The molecule has 0 heterocycles. The van der Waals surface area contributed by atoms with Crippen molar-refractivity contribution in [1.82, 2.24) is 0 Å². The molecule has 0 aromatic heterocycles. The van der Waals surface area contributed by atoms with Gasteiger partial charge in [-0.1, -0.05) is 22.0 Å². The summed E-state index contributed by atoms with van der Waals surface area (Å²) in [6.45, 7) is -0.415. The van der Waals surface area contributed by atoms with Gasteiger partial charge in [0.05, 0.1) is 12.7 Å². The van der Waals surface area contributed by atoms with Crippen LogP contribution in [0.5, 0.6) is 5.75 Å². The van der Waals surface area contributed by atoms with E-state index in [-0.39, 0.29) is 11.3 Å². The van der Waals surface area contributed by atoms with Gasteiger partial charge < -0.3 is 20.5 Å².